The molecule has 1 aromatic rings. The number of benzene rings is 1. The molecule has 3 atom stereocenters. The number of rotatable bonds is 3. The number of nitrogens with one attached hydrogen (secondary N) is 2. The van der Waals surface area contributed by atoms with Gasteiger partial charge in [-0.15, -0.1) is 0 Å². The van der Waals surface area contributed by atoms with Crippen LogP contribution in [-0.2, 0) is 9.53 Å². The second kappa shape index (κ2) is 6.76. The zero-order valence-electron chi connectivity index (χ0n) is 13.8. The van der Waals surface area contributed by atoms with Crippen molar-refractivity contribution in [3.8, 4) is 0 Å². The van der Waals surface area contributed by atoms with Crippen LogP contribution < -0.4 is 10.6 Å². The number of carbonyl (C=O) groups excluding carboxylic acids is 2. The molecule has 1 aromatic carbocycles. The highest BCUT2D eigenvalue weighted by Crippen LogP contribution is 2.32. The van der Waals surface area contributed by atoms with Gasteiger partial charge in [-0.25, -0.2) is 9.18 Å². The van der Waals surface area contributed by atoms with Crippen LogP contribution in [0.15, 0.2) is 24.3 Å². The first-order chi connectivity index (χ1) is 11.4. The van der Waals surface area contributed by atoms with E-state index in [1.54, 1.807) is 4.90 Å². The Bertz CT molecular complexity index is 620. The third-order valence-corrected chi connectivity index (χ3v) is 4.31. The van der Waals surface area contributed by atoms with Gasteiger partial charge in [0.25, 0.3) is 0 Å². The molecule has 0 radical (unpaired) electrons. The highest BCUT2D eigenvalue weighted by Gasteiger charge is 2.45. The van der Waals surface area contributed by atoms with Gasteiger partial charge in [0.2, 0.25) is 5.91 Å². The summed E-state index contributed by atoms with van der Waals surface area (Å²) in [7, 11) is 0. The average molecular weight is 335 g/mol. The zero-order chi connectivity index (χ0) is 17.3. The van der Waals surface area contributed by atoms with Crippen LogP contribution in [-0.4, -0.2) is 48.2 Å². The van der Waals surface area contributed by atoms with Gasteiger partial charge in [-0.2, -0.15) is 0 Å². The number of halogens is 1. The Balaban J connectivity index is 1.60. The van der Waals surface area contributed by atoms with Gasteiger partial charge in [-0.05, 0) is 44.5 Å². The quantitative estimate of drug-likeness (QED) is 0.887. The van der Waals surface area contributed by atoms with Crippen molar-refractivity contribution < 1.29 is 18.7 Å². The van der Waals surface area contributed by atoms with Crippen LogP contribution in [0.3, 0.4) is 0 Å². The number of hydrogen-bond donors (Lipinski definition) is 2. The van der Waals surface area contributed by atoms with Crippen molar-refractivity contribution in [2.45, 2.75) is 38.5 Å². The van der Waals surface area contributed by atoms with Gasteiger partial charge >= 0.3 is 6.03 Å². The van der Waals surface area contributed by atoms with Crippen molar-refractivity contribution in [3.63, 3.8) is 0 Å². The summed E-state index contributed by atoms with van der Waals surface area (Å²) in [6.45, 7) is 4.67. The highest BCUT2D eigenvalue weighted by atomic mass is 19.1. The first-order valence-electron chi connectivity index (χ1n) is 8.19. The first kappa shape index (κ1) is 16.7. The molecule has 2 aliphatic rings. The van der Waals surface area contributed by atoms with E-state index in [2.05, 4.69) is 10.6 Å². The smallest absolute Gasteiger partial charge is 0.322 e. The molecule has 2 N–H and O–H groups in total. The topological polar surface area (TPSA) is 70.7 Å². The van der Waals surface area contributed by atoms with E-state index in [0.717, 1.165) is 0 Å². The summed E-state index contributed by atoms with van der Waals surface area (Å²) in [5, 5.41) is 5.66. The Morgan fingerprint density at radius 2 is 1.96 bits per heavy atom. The zero-order valence-corrected chi connectivity index (χ0v) is 13.8. The number of ether oxygens (including phenoxy) is 1. The Morgan fingerprint density at radius 1 is 1.25 bits per heavy atom. The lowest BCUT2D eigenvalue weighted by Crippen LogP contribution is -2.49. The van der Waals surface area contributed by atoms with E-state index >= 15 is 0 Å². The fourth-order valence-electron chi connectivity index (χ4n) is 3.23. The molecule has 2 heterocycles. The third-order valence-electron chi connectivity index (χ3n) is 4.31. The molecule has 3 rings (SSSR count). The van der Waals surface area contributed by atoms with Gasteiger partial charge in [0, 0.05) is 24.8 Å². The number of fused-ring (bicyclic) bond motifs is 2. The summed E-state index contributed by atoms with van der Waals surface area (Å²) < 4.78 is 18.7. The molecule has 3 amide bonds. The van der Waals surface area contributed by atoms with E-state index in [0.29, 0.717) is 25.2 Å². The molecule has 2 aliphatic heterocycles. The second-order valence-electron chi connectivity index (χ2n) is 6.64. The SMILES string of the molecule is CC(C)NC(=O)[C@@H]1C[C@H]2CN(C(=O)Nc3ccc(F)cc3)C[C@@H]1O2. The van der Waals surface area contributed by atoms with Crippen molar-refractivity contribution in [1.82, 2.24) is 10.2 Å². The Kier molecular flexibility index (Phi) is 4.71. The molecule has 6 nitrogen and oxygen atoms in total. The molecular formula is C17H22FN3O3. The predicted octanol–water partition coefficient (Wildman–Crippen LogP) is 1.97. The van der Waals surface area contributed by atoms with Crippen LogP contribution in [0.2, 0.25) is 0 Å². The Morgan fingerprint density at radius 3 is 2.62 bits per heavy atom. The molecule has 0 spiro atoms. The Hall–Kier alpha value is -2.15. The van der Waals surface area contributed by atoms with Crippen molar-refractivity contribution in [1.29, 1.82) is 0 Å². The molecule has 0 aromatic heterocycles. The molecule has 24 heavy (non-hydrogen) atoms. The van der Waals surface area contributed by atoms with Crippen LogP contribution in [0.1, 0.15) is 20.3 Å². The summed E-state index contributed by atoms with van der Waals surface area (Å²) in [5.41, 5.74) is 0.536. The highest BCUT2D eigenvalue weighted by molar-refractivity contribution is 5.89. The molecule has 7 heteroatoms. The summed E-state index contributed by atoms with van der Waals surface area (Å²) in [4.78, 5) is 26.3. The maximum atomic E-state index is 12.9. The third kappa shape index (κ3) is 3.67. The van der Waals surface area contributed by atoms with Crippen molar-refractivity contribution in [2.75, 3.05) is 18.4 Å². The van der Waals surface area contributed by atoms with Crippen molar-refractivity contribution in [3.05, 3.63) is 30.1 Å². The molecule has 130 valence electrons. The minimum Gasteiger partial charge on any atom is -0.370 e. The molecular weight excluding hydrogens is 313 g/mol. The van der Waals surface area contributed by atoms with E-state index in [9.17, 15) is 14.0 Å². The normalized spacial score (nSPS) is 25.7. The van der Waals surface area contributed by atoms with Gasteiger partial charge in [0.05, 0.1) is 18.1 Å². The van der Waals surface area contributed by atoms with Crippen LogP contribution in [0.25, 0.3) is 0 Å². The lowest BCUT2D eigenvalue weighted by atomic mass is 9.99. The number of carbonyl (C=O) groups is 2. The minimum atomic E-state index is -0.351. The van der Waals surface area contributed by atoms with E-state index in [4.69, 9.17) is 4.74 Å². The maximum absolute atomic E-state index is 12.9. The number of likely N-dealkylation sites (tertiary alicyclic amines) is 1. The first-order valence-corrected chi connectivity index (χ1v) is 8.19. The summed E-state index contributed by atoms with van der Waals surface area (Å²) in [6.07, 6.45) is 0.232. The van der Waals surface area contributed by atoms with Crippen molar-refractivity contribution >= 4 is 17.6 Å². The fraction of sp³-hybridized carbons (Fsp3) is 0.529. The maximum Gasteiger partial charge on any atom is 0.322 e. The lowest BCUT2D eigenvalue weighted by molar-refractivity contribution is -0.128. The number of hydrogen-bond acceptors (Lipinski definition) is 3. The van der Waals surface area contributed by atoms with Gasteiger partial charge in [0.15, 0.2) is 0 Å². The van der Waals surface area contributed by atoms with Gasteiger partial charge < -0.3 is 20.3 Å². The van der Waals surface area contributed by atoms with Crippen LogP contribution in [0.5, 0.6) is 0 Å². The van der Waals surface area contributed by atoms with Crippen LogP contribution >= 0.6 is 0 Å². The van der Waals surface area contributed by atoms with E-state index in [1.807, 2.05) is 13.8 Å². The van der Waals surface area contributed by atoms with Crippen LogP contribution in [0, 0.1) is 11.7 Å². The van der Waals surface area contributed by atoms with E-state index in [1.165, 1.54) is 24.3 Å². The average Bonchev–Trinajstić information content (AvgIpc) is 2.83. The Labute approximate surface area is 140 Å². The van der Waals surface area contributed by atoms with Crippen LogP contribution in [0.4, 0.5) is 14.9 Å². The van der Waals surface area contributed by atoms with Gasteiger partial charge in [-0.1, -0.05) is 0 Å². The van der Waals surface area contributed by atoms with Gasteiger partial charge in [-0.3, -0.25) is 4.79 Å². The summed E-state index contributed by atoms with van der Waals surface area (Å²) in [5.74, 6) is -0.587. The number of morpholine rings is 1. The summed E-state index contributed by atoms with van der Waals surface area (Å²) in [6, 6.07) is 5.44. The number of anilines is 1. The standard InChI is InChI=1S/C17H22FN3O3/c1-10(2)19-16(22)14-7-13-8-21(9-15(14)24-13)17(23)20-12-5-3-11(18)4-6-12/h3-6,10,13-15H,7-9H2,1-2H3,(H,19,22)(H,20,23)/t13-,14+,15-/m0/s1. The second-order valence-corrected chi connectivity index (χ2v) is 6.64. The monoisotopic (exact) mass is 335 g/mol. The summed E-state index contributed by atoms with van der Waals surface area (Å²) >= 11 is 0. The number of nitrogens with zero attached hydrogens (tertiary/aromatic N) is 1. The molecule has 2 fully saturated rings. The van der Waals surface area contributed by atoms with Crippen molar-refractivity contribution in [2.24, 2.45) is 5.92 Å². The lowest BCUT2D eigenvalue weighted by Gasteiger charge is -2.32. The predicted molar refractivity (Wildman–Crippen MR) is 87.0 cm³/mol. The van der Waals surface area contributed by atoms with E-state index < -0.39 is 0 Å². The minimum absolute atomic E-state index is 0.0155. The molecule has 2 bridgehead atoms. The molecule has 0 aliphatic carbocycles. The largest absolute Gasteiger partial charge is 0.370 e. The number of amides is 3. The van der Waals surface area contributed by atoms with E-state index in [-0.39, 0.29) is 41.9 Å². The molecule has 2 saturated heterocycles. The molecule has 0 unspecified atom stereocenters. The van der Waals surface area contributed by atoms with Gasteiger partial charge in [0.1, 0.15) is 5.82 Å². The fourth-order valence-corrected chi connectivity index (χ4v) is 3.23. The molecule has 0 saturated carbocycles. The number of urea groups is 1.